The Morgan fingerprint density at radius 2 is 1.47 bits per heavy atom. The van der Waals surface area contributed by atoms with Crippen LogP contribution in [0.5, 0.6) is 0 Å². The van der Waals surface area contributed by atoms with Crippen molar-refractivity contribution in [2.45, 2.75) is 27.7 Å². The molecule has 0 aliphatic rings. The van der Waals surface area contributed by atoms with Crippen molar-refractivity contribution in [1.82, 2.24) is 0 Å². The van der Waals surface area contributed by atoms with Crippen LogP contribution in [-0.2, 0) is 9.59 Å². The summed E-state index contributed by atoms with van der Waals surface area (Å²) in [4.78, 5) is 24.6. The fourth-order valence-electron chi connectivity index (χ4n) is 1.83. The molecule has 0 aromatic heterocycles. The number of nitrogens with zero attached hydrogens (tertiary/aromatic N) is 1. The monoisotopic (exact) mass is 261 g/mol. The highest BCUT2D eigenvalue weighted by atomic mass is 16.4. The number of amides is 1. The highest BCUT2D eigenvalue weighted by molar-refractivity contribution is 6.09. The zero-order valence-electron chi connectivity index (χ0n) is 11.9. The van der Waals surface area contributed by atoms with E-state index in [2.05, 4.69) is 0 Å². The first kappa shape index (κ1) is 15.0. The normalized spacial score (nSPS) is 11.8. The number of anilines is 1. The van der Waals surface area contributed by atoms with E-state index >= 15 is 0 Å². The third-order valence-electron chi connectivity index (χ3n) is 3.10. The highest BCUT2D eigenvalue weighted by Gasteiger charge is 2.18. The van der Waals surface area contributed by atoms with Gasteiger partial charge in [0.15, 0.2) is 0 Å². The molecule has 0 saturated heterocycles. The lowest BCUT2D eigenvalue weighted by Crippen LogP contribution is -2.28. The maximum Gasteiger partial charge on any atom is 0.331 e. The largest absolute Gasteiger partial charge is 0.478 e. The number of likely N-dealkylation sites (N-methyl/N-ethyl adjacent to an activating group) is 1. The molecule has 102 valence electrons. The Bertz CT molecular complexity index is 538. The molecule has 0 bridgehead atoms. The number of benzene rings is 1. The Kier molecular flexibility index (Phi) is 4.48. The van der Waals surface area contributed by atoms with Crippen molar-refractivity contribution in [2.24, 2.45) is 0 Å². The van der Waals surface area contributed by atoms with Crippen molar-refractivity contribution < 1.29 is 14.7 Å². The van der Waals surface area contributed by atoms with Gasteiger partial charge in [-0.3, -0.25) is 4.79 Å². The first-order valence-electron chi connectivity index (χ1n) is 6.01. The molecule has 1 aromatic carbocycles. The molecule has 0 spiro atoms. The Morgan fingerprint density at radius 3 is 1.89 bits per heavy atom. The summed E-state index contributed by atoms with van der Waals surface area (Å²) in [6, 6.07) is 5.82. The zero-order chi connectivity index (χ0) is 14.7. The maximum absolute atomic E-state index is 12.2. The molecule has 1 rings (SSSR count). The Morgan fingerprint density at radius 1 is 1.00 bits per heavy atom. The van der Waals surface area contributed by atoms with E-state index in [-0.39, 0.29) is 17.1 Å². The summed E-state index contributed by atoms with van der Waals surface area (Å²) in [5.74, 6) is -1.37. The van der Waals surface area contributed by atoms with Crippen LogP contribution in [0.25, 0.3) is 0 Å². The second-order valence-electron chi connectivity index (χ2n) is 4.77. The van der Waals surface area contributed by atoms with Gasteiger partial charge in [-0.25, -0.2) is 4.79 Å². The number of aliphatic carboxylic acids is 1. The average molecular weight is 261 g/mol. The maximum atomic E-state index is 12.2. The molecule has 19 heavy (non-hydrogen) atoms. The third kappa shape index (κ3) is 3.44. The highest BCUT2D eigenvalue weighted by Crippen LogP contribution is 2.20. The molecule has 1 N–H and O–H groups in total. The van der Waals surface area contributed by atoms with Gasteiger partial charge in [0.05, 0.1) is 0 Å². The van der Waals surface area contributed by atoms with E-state index in [0.717, 1.165) is 16.8 Å². The van der Waals surface area contributed by atoms with Crippen LogP contribution in [0.1, 0.15) is 25.0 Å². The second kappa shape index (κ2) is 5.69. The number of rotatable bonds is 3. The standard InChI is InChI=1S/C15H19NO3/c1-9-6-10(2)8-13(7-9)16(5)14(17)11(3)12(4)15(18)19/h6-8H,1-5H3,(H,18,19). The predicted molar refractivity (Wildman–Crippen MR) is 75.3 cm³/mol. The Labute approximate surface area is 113 Å². The van der Waals surface area contributed by atoms with Crippen LogP contribution in [0.2, 0.25) is 0 Å². The molecule has 0 aliphatic carbocycles. The number of carboxylic acid groups (broad SMARTS) is 1. The molecular weight excluding hydrogens is 242 g/mol. The van der Waals surface area contributed by atoms with Crippen molar-refractivity contribution in [1.29, 1.82) is 0 Å². The summed E-state index contributed by atoms with van der Waals surface area (Å²) in [7, 11) is 1.65. The number of carboxylic acids is 1. The minimum Gasteiger partial charge on any atom is -0.478 e. The van der Waals surface area contributed by atoms with Gasteiger partial charge in [0.25, 0.3) is 5.91 Å². The van der Waals surface area contributed by atoms with Gasteiger partial charge in [-0.2, -0.15) is 0 Å². The summed E-state index contributed by atoms with van der Waals surface area (Å²) in [6.45, 7) is 6.88. The van der Waals surface area contributed by atoms with Crippen molar-refractivity contribution >= 4 is 17.6 Å². The average Bonchev–Trinajstić information content (AvgIpc) is 2.33. The molecule has 1 amide bonds. The van der Waals surface area contributed by atoms with E-state index in [4.69, 9.17) is 5.11 Å². The first-order valence-corrected chi connectivity index (χ1v) is 6.01. The Hall–Kier alpha value is -2.10. The molecular formula is C15H19NO3. The number of carbonyl (C=O) groups excluding carboxylic acids is 1. The van der Waals surface area contributed by atoms with Crippen LogP contribution in [0, 0.1) is 13.8 Å². The summed E-state index contributed by atoms with van der Waals surface area (Å²) >= 11 is 0. The van der Waals surface area contributed by atoms with Crippen LogP contribution in [0.4, 0.5) is 5.69 Å². The molecule has 0 saturated carbocycles. The van der Waals surface area contributed by atoms with Gasteiger partial charge in [0.1, 0.15) is 0 Å². The van der Waals surface area contributed by atoms with Gasteiger partial charge in [-0.15, -0.1) is 0 Å². The zero-order valence-corrected chi connectivity index (χ0v) is 11.9. The first-order chi connectivity index (χ1) is 8.73. The van der Waals surface area contributed by atoms with Crippen LogP contribution < -0.4 is 4.90 Å². The van der Waals surface area contributed by atoms with Crippen molar-refractivity contribution in [3.8, 4) is 0 Å². The van der Waals surface area contributed by atoms with Crippen LogP contribution in [0.3, 0.4) is 0 Å². The van der Waals surface area contributed by atoms with E-state index in [0.29, 0.717) is 0 Å². The van der Waals surface area contributed by atoms with E-state index in [1.807, 2.05) is 32.0 Å². The topological polar surface area (TPSA) is 57.6 Å². The molecule has 0 atom stereocenters. The third-order valence-corrected chi connectivity index (χ3v) is 3.10. The van der Waals surface area contributed by atoms with E-state index in [9.17, 15) is 9.59 Å². The van der Waals surface area contributed by atoms with Gasteiger partial charge in [0, 0.05) is 23.9 Å². The summed E-state index contributed by atoms with van der Waals surface area (Å²) < 4.78 is 0. The number of carbonyl (C=O) groups is 2. The molecule has 0 heterocycles. The summed E-state index contributed by atoms with van der Waals surface area (Å²) in [6.07, 6.45) is 0. The Balaban J connectivity index is 3.13. The van der Waals surface area contributed by atoms with Gasteiger partial charge < -0.3 is 10.0 Å². The van der Waals surface area contributed by atoms with Gasteiger partial charge in [-0.05, 0) is 51.0 Å². The molecule has 0 radical (unpaired) electrons. The van der Waals surface area contributed by atoms with E-state index in [1.165, 1.54) is 18.7 Å². The van der Waals surface area contributed by atoms with Gasteiger partial charge >= 0.3 is 5.97 Å². The summed E-state index contributed by atoms with van der Waals surface area (Å²) in [5.41, 5.74) is 3.20. The minimum atomic E-state index is -1.07. The van der Waals surface area contributed by atoms with Gasteiger partial charge in [0.2, 0.25) is 0 Å². The smallest absolute Gasteiger partial charge is 0.331 e. The molecule has 4 heteroatoms. The summed E-state index contributed by atoms with van der Waals surface area (Å²) in [5, 5.41) is 8.91. The molecule has 1 aromatic rings. The molecule has 0 unspecified atom stereocenters. The fraction of sp³-hybridized carbons (Fsp3) is 0.333. The van der Waals surface area contributed by atoms with Crippen LogP contribution >= 0.6 is 0 Å². The number of hydrogen-bond acceptors (Lipinski definition) is 2. The lowest BCUT2D eigenvalue weighted by atomic mass is 10.1. The van der Waals surface area contributed by atoms with E-state index in [1.54, 1.807) is 7.05 Å². The van der Waals surface area contributed by atoms with Crippen molar-refractivity contribution in [3.63, 3.8) is 0 Å². The minimum absolute atomic E-state index is 0.0706. The van der Waals surface area contributed by atoms with Crippen LogP contribution in [0.15, 0.2) is 29.3 Å². The lowest BCUT2D eigenvalue weighted by molar-refractivity contribution is -0.133. The lowest BCUT2D eigenvalue weighted by Gasteiger charge is -2.19. The molecule has 4 nitrogen and oxygen atoms in total. The number of hydrogen-bond donors (Lipinski definition) is 1. The number of aryl methyl sites for hydroxylation is 2. The fourth-order valence-corrected chi connectivity index (χ4v) is 1.83. The van der Waals surface area contributed by atoms with E-state index < -0.39 is 5.97 Å². The van der Waals surface area contributed by atoms with Crippen molar-refractivity contribution in [3.05, 3.63) is 40.5 Å². The second-order valence-corrected chi connectivity index (χ2v) is 4.77. The van der Waals surface area contributed by atoms with Crippen LogP contribution in [-0.4, -0.2) is 24.0 Å². The van der Waals surface area contributed by atoms with Crippen molar-refractivity contribution in [2.75, 3.05) is 11.9 Å². The predicted octanol–water partition coefficient (Wildman–Crippen LogP) is 2.69. The molecule has 0 fully saturated rings. The van der Waals surface area contributed by atoms with Gasteiger partial charge in [-0.1, -0.05) is 6.07 Å². The SMILES string of the molecule is CC(C(=O)O)=C(C)C(=O)N(C)c1cc(C)cc(C)c1. The quantitative estimate of drug-likeness (QED) is 0.851. The molecule has 0 aliphatic heterocycles.